The van der Waals surface area contributed by atoms with Crippen LogP contribution in [0.15, 0.2) is 42.5 Å². The van der Waals surface area contributed by atoms with E-state index in [1.54, 1.807) is 0 Å². The Balaban J connectivity index is 2.24. The molecule has 2 aromatic rings. The van der Waals surface area contributed by atoms with Crippen LogP contribution in [0, 0.1) is 20.2 Å². The number of hydrogen-bond acceptors (Lipinski definition) is 6. The largest absolute Gasteiger partial charge is 0.423 e. The van der Waals surface area contributed by atoms with E-state index in [1.807, 2.05) is 0 Å². The number of nitro groups is 2. The lowest BCUT2D eigenvalue weighted by Gasteiger charge is -2.05. The van der Waals surface area contributed by atoms with Crippen molar-refractivity contribution < 1.29 is 19.4 Å². The Labute approximate surface area is 128 Å². The number of non-ortho nitro benzene ring substituents is 2. The third-order valence-electron chi connectivity index (χ3n) is 2.62. The fourth-order valence-corrected chi connectivity index (χ4v) is 1.86. The van der Waals surface area contributed by atoms with Gasteiger partial charge in [-0.25, -0.2) is 4.79 Å². The second-order valence-electron chi connectivity index (χ2n) is 4.07. The zero-order chi connectivity index (χ0) is 16.3. The van der Waals surface area contributed by atoms with Crippen LogP contribution in [0.25, 0.3) is 0 Å². The van der Waals surface area contributed by atoms with Gasteiger partial charge >= 0.3 is 5.97 Å². The summed E-state index contributed by atoms with van der Waals surface area (Å²) in [5.74, 6) is -0.908. The molecule has 0 N–H and O–H groups in total. The first-order valence-electron chi connectivity index (χ1n) is 5.79. The van der Waals surface area contributed by atoms with Crippen LogP contribution in [0.2, 0.25) is 5.02 Å². The second kappa shape index (κ2) is 6.19. The minimum absolute atomic E-state index is 0.0337. The molecule has 2 rings (SSSR count). The van der Waals surface area contributed by atoms with Crippen molar-refractivity contribution in [1.29, 1.82) is 0 Å². The van der Waals surface area contributed by atoms with Crippen molar-refractivity contribution >= 4 is 28.9 Å². The summed E-state index contributed by atoms with van der Waals surface area (Å²) in [6.45, 7) is 0. The molecule has 0 spiro atoms. The topological polar surface area (TPSA) is 113 Å². The standard InChI is InChI=1S/C13H7ClN2O6/c14-12-7-9(16(20)21)4-5-11(12)13(17)22-10-3-1-2-8(6-10)15(18)19/h1-7H. The van der Waals surface area contributed by atoms with Crippen molar-refractivity contribution in [3.05, 3.63) is 73.3 Å². The Kier molecular flexibility index (Phi) is 4.33. The molecular formula is C13H7ClN2O6. The molecule has 0 bridgehead atoms. The summed E-state index contributed by atoms with van der Waals surface area (Å²) in [5, 5.41) is 21.1. The Bertz CT molecular complexity index is 777. The molecule has 0 saturated carbocycles. The number of benzene rings is 2. The number of nitrogens with zero attached hydrogens (tertiary/aromatic N) is 2. The van der Waals surface area contributed by atoms with Gasteiger partial charge in [-0.3, -0.25) is 20.2 Å². The third kappa shape index (κ3) is 3.36. The van der Waals surface area contributed by atoms with E-state index in [4.69, 9.17) is 16.3 Å². The van der Waals surface area contributed by atoms with E-state index < -0.39 is 15.8 Å². The number of rotatable bonds is 4. The lowest BCUT2D eigenvalue weighted by Crippen LogP contribution is -2.09. The Morgan fingerprint density at radius 3 is 2.23 bits per heavy atom. The number of carbonyl (C=O) groups excluding carboxylic acids is 1. The molecule has 22 heavy (non-hydrogen) atoms. The summed E-state index contributed by atoms with van der Waals surface area (Å²) in [7, 11) is 0. The highest BCUT2D eigenvalue weighted by atomic mass is 35.5. The van der Waals surface area contributed by atoms with Crippen LogP contribution >= 0.6 is 11.6 Å². The molecule has 0 amide bonds. The van der Waals surface area contributed by atoms with Gasteiger partial charge in [-0.1, -0.05) is 17.7 Å². The molecule has 0 aliphatic heterocycles. The van der Waals surface area contributed by atoms with Gasteiger partial charge in [0.05, 0.1) is 26.5 Å². The van der Waals surface area contributed by atoms with Crippen molar-refractivity contribution in [3.63, 3.8) is 0 Å². The van der Waals surface area contributed by atoms with E-state index >= 15 is 0 Å². The van der Waals surface area contributed by atoms with Gasteiger partial charge in [0, 0.05) is 18.2 Å². The maximum Gasteiger partial charge on any atom is 0.345 e. The highest BCUT2D eigenvalue weighted by molar-refractivity contribution is 6.33. The van der Waals surface area contributed by atoms with Crippen molar-refractivity contribution in [3.8, 4) is 5.75 Å². The van der Waals surface area contributed by atoms with Crippen molar-refractivity contribution in [2.75, 3.05) is 0 Å². The van der Waals surface area contributed by atoms with Crippen LogP contribution in [-0.2, 0) is 0 Å². The Morgan fingerprint density at radius 1 is 1.00 bits per heavy atom. The molecule has 0 aliphatic rings. The van der Waals surface area contributed by atoms with Crippen molar-refractivity contribution in [2.45, 2.75) is 0 Å². The molecule has 0 atom stereocenters. The molecule has 0 heterocycles. The fourth-order valence-electron chi connectivity index (χ4n) is 1.61. The number of halogens is 1. The monoisotopic (exact) mass is 322 g/mol. The van der Waals surface area contributed by atoms with Crippen molar-refractivity contribution in [2.24, 2.45) is 0 Å². The van der Waals surface area contributed by atoms with Gasteiger partial charge in [0.1, 0.15) is 5.75 Å². The van der Waals surface area contributed by atoms with E-state index in [0.717, 1.165) is 24.3 Å². The van der Waals surface area contributed by atoms with E-state index in [1.165, 1.54) is 18.2 Å². The number of carbonyl (C=O) groups is 1. The number of ether oxygens (including phenoxy) is 1. The number of hydrogen-bond donors (Lipinski definition) is 0. The fraction of sp³-hybridized carbons (Fsp3) is 0. The van der Waals surface area contributed by atoms with Crippen LogP contribution in [0.1, 0.15) is 10.4 Å². The normalized spacial score (nSPS) is 10.0. The highest BCUT2D eigenvalue weighted by Gasteiger charge is 2.17. The highest BCUT2D eigenvalue weighted by Crippen LogP contribution is 2.25. The van der Waals surface area contributed by atoms with E-state index in [-0.39, 0.29) is 27.7 Å². The Hall–Kier alpha value is -3.00. The number of nitro benzene ring substituents is 2. The lowest BCUT2D eigenvalue weighted by atomic mass is 10.2. The molecular weight excluding hydrogens is 316 g/mol. The predicted molar refractivity (Wildman–Crippen MR) is 76.2 cm³/mol. The van der Waals surface area contributed by atoms with Gasteiger partial charge < -0.3 is 4.74 Å². The molecule has 0 radical (unpaired) electrons. The van der Waals surface area contributed by atoms with Crippen molar-refractivity contribution in [1.82, 2.24) is 0 Å². The maximum atomic E-state index is 12.0. The van der Waals surface area contributed by atoms with Gasteiger partial charge in [0.25, 0.3) is 11.4 Å². The molecule has 0 saturated heterocycles. The van der Waals surface area contributed by atoms with Gasteiger partial charge in [-0.15, -0.1) is 0 Å². The molecule has 0 fully saturated rings. The van der Waals surface area contributed by atoms with E-state index in [9.17, 15) is 25.0 Å². The predicted octanol–water partition coefficient (Wildman–Crippen LogP) is 3.38. The molecule has 112 valence electrons. The smallest absolute Gasteiger partial charge is 0.345 e. The zero-order valence-electron chi connectivity index (χ0n) is 10.8. The SMILES string of the molecule is O=C(Oc1cccc([N+](=O)[O-])c1)c1ccc([N+](=O)[O-])cc1Cl. The summed E-state index contributed by atoms with van der Waals surface area (Å²) in [6.07, 6.45) is 0. The van der Waals surface area contributed by atoms with Gasteiger partial charge in [0.15, 0.2) is 0 Å². The summed E-state index contributed by atoms with van der Waals surface area (Å²) >= 11 is 5.80. The summed E-state index contributed by atoms with van der Waals surface area (Å²) in [6, 6.07) is 8.33. The zero-order valence-corrected chi connectivity index (χ0v) is 11.5. The first-order chi connectivity index (χ1) is 10.4. The average molecular weight is 323 g/mol. The first-order valence-corrected chi connectivity index (χ1v) is 6.17. The molecule has 8 nitrogen and oxygen atoms in total. The second-order valence-corrected chi connectivity index (χ2v) is 4.47. The van der Waals surface area contributed by atoms with Gasteiger partial charge in [-0.05, 0) is 12.1 Å². The number of esters is 1. The van der Waals surface area contributed by atoms with Crippen LogP contribution in [0.4, 0.5) is 11.4 Å². The summed E-state index contributed by atoms with van der Waals surface area (Å²) in [5.41, 5.74) is -0.587. The van der Waals surface area contributed by atoms with Crippen LogP contribution in [-0.4, -0.2) is 15.8 Å². The Morgan fingerprint density at radius 2 is 1.64 bits per heavy atom. The van der Waals surface area contributed by atoms with Crippen LogP contribution < -0.4 is 4.74 Å². The average Bonchev–Trinajstić information content (AvgIpc) is 2.47. The van der Waals surface area contributed by atoms with Crippen LogP contribution in [0.3, 0.4) is 0 Å². The first kappa shape index (κ1) is 15.4. The maximum absolute atomic E-state index is 12.0. The summed E-state index contributed by atoms with van der Waals surface area (Å²) in [4.78, 5) is 31.9. The lowest BCUT2D eigenvalue weighted by molar-refractivity contribution is -0.385. The molecule has 0 aliphatic carbocycles. The molecule has 0 unspecified atom stereocenters. The molecule has 9 heteroatoms. The van der Waals surface area contributed by atoms with E-state index in [0.29, 0.717) is 0 Å². The molecule has 2 aromatic carbocycles. The quantitative estimate of drug-likeness (QED) is 0.369. The van der Waals surface area contributed by atoms with Crippen LogP contribution in [0.5, 0.6) is 5.75 Å². The summed E-state index contributed by atoms with van der Waals surface area (Å²) < 4.78 is 4.97. The van der Waals surface area contributed by atoms with Gasteiger partial charge in [0.2, 0.25) is 0 Å². The minimum Gasteiger partial charge on any atom is -0.423 e. The van der Waals surface area contributed by atoms with E-state index in [2.05, 4.69) is 0 Å². The minimum atomic E-state index is -0.875. The van der Waals surface area contributed by atoms with Gasteiger partial charge in [-0.2, -0.15) is 0 Å². The molecule has 0 aromatic heterocycles. The third-order valence-corrected chi connectivity index (χ3v) is 2.94.